The minimum Gasteiger partial charge on any atom is -0.403 e. The second kappa shape index (κ2) is 5.44. The first-order chi connectivity index (χ1) is 8.28. The smallest absolute Gasteiger partial charge is 0.403 e. The SMILES string of the molecule is NCc1cc(C(F)F)c(OC(F)(F)F)c(CO)n1. The first-order valence-electron chi connectivity index (χ1n) is 4.66. The van der Waals surface area contributed by atoms with Gasteiger partial charge in [0, 0.05) is 6.54 Å². The summed E-state index contributed by atoms with van der Waals surface area (Å²) in [5, 5.41) is 8.85. The van der Waals surface area contributed by atoms with Gasteiger partial charge in [-0.15, -0.1) is 13.2 Å². The number of ether oxygens (including phenoxy) is 1. The van der Waals surface area contributed by atoms with Crippen LogP contribution in [0.25, 0.3) is 0 Å². The summed E-state index contributed by atoms with van der Waals surface area (Å²) in [5.74, 6) is -1.18. The number of alkyl halides is 5. The van der Waals surface area contributed by atoms with Crippen LogP contribution in [0.3, 0.4) is 0 Å². The van der Waals surface area contributed by atoms with Crippen LogP contribution in [0.1, 0.15) is 23.4 Å². The van der Waals surface area contributed by atoms with Gasteiger partial charge in [-0.2, -0.15) is 0 Å². The molecule has 0 aliphatic carbocycles. The predicted octanol–water partition coefficient (Wildman–Crippen LogP) is 1.87. The maximum absolute atomic E-state index is 12.6. The number of aliphatic hydroxyl groups is 1. The fourth-order valence-corrected chi connectivity index (χ4v) is 1.28. The first-order valence-corrected chi connectivity index (χ1v) is 4.66. The zero-order valence-electron chi connectivity index (χ0n) is 8.84. The summed E-state index contributed by atoms with van der Waals surface area (Å²) in [6.07, 6.45) is -8.36. The van der Waals surface area contributed by atoms with Gasteiger partial charge in [-0.05, 0) is 6.07 Å². The van der Waals surface area contributed by atoms with E-state index in [-0.39, 0.29) is 12.2 Å². The van der Waals surface area contributed by atoms with Crippen molar-refractivity contribution in [2.75, 3.05) is 0 Å². The van der Waals surface area contributed by atoms with Gasteiger partial charge in [0.1, 0.15) is 5.69 Å². The van der Waals surface area contributed by atoms with E-state index >= 15 is 0 Å². The van der Waals surface area contributed by atoms with Crippen molar-refractivity contribution in [3.05, 3.63) is 23.0 Å². The van der Waals surface area contributed by atoms with Crippen LogP contribution in [0.5, 0.6) is 5.75 Å². The summed E-state index contributed by atoms with van der Waals surface area (Å²) in [6.45, 7) is -1.22. The highest BCUT2D eigenvalue weighted by Crippen LogP contribution is 2.35. The molecule has 4 nitrogen and oxygen atoms in total. The molecule has 0 aliphatic heterocycles. The molecule has 18 heavy (non-hydrogen) atoms. The Bertz CT molecular complexity index is 422. The summed E-state index contributed by atoms with van der Waals surface area (Å²) in [7, 11) is 0. The zero-order chi connectivity index (χ0) is 13.9. The number of rotatable bonds is 4. The summed E-state index contributed by atoms with van der Waals surface area (Å²) in [6, 6.07) is 0.713. The van der Waals surface area contributed by atoms with Gasteiger partial charge >= 0.3 is 6.36 Å². The normalized spacial score (nSPS) is 12.0. The lowest BCUT2D eigenvalue weighted by atomic mass is 10.1. The van der Waals surface area contributed by atoms with Crippen LogP contribution >= 0.6 is 0 Å². The maximum Gasteiger partial charge on any atom is 0.573 e. The minimum absolute atomic E-state index is 0.0659. The highest BCUT2D eigenvalue weighted by molar-refractivity contribution is 5.40. The molecule has 3 N–H and O–H groups in total. The van der Waals surface area contributed by atoms with Crippen LogP contribution < -0.4 is 10.5 Å². The zero-order valence-corrected chi connectivity index (χ0v) is 8.84. The van der Waals surface area contributed by atoms with Crippen LogP contribution in [-0.4, -0.2) is 16.5 Å². The van der Waals surface area contributed by atoms with Gasteiger partial charge in [0.05, 0.1) is 17.9 Å². The van der Waals surface area contributed by atoms with E-state index in [2.05, 4.69) is 9.72 Å². The van der Waals surface area contributed by atoms with Crippen molar-refractivity contribution in [3.63, 3.8) is 0 Å². The van der Waals surface area contributed by atoms with Crippen molar-refractivity contribution in [2.24, 2.45) is 5.73 Å². The molecule has 1 aromatic heterocycles. The fourth-order valence-electron chi connectivity index (χ4n) is 1.28. The number of aliphatic hydroxyl groups excluding tert-OH is 1. The Morgan fingerprint density at radius 2 is 2.00 bits per heavy atom. The molecular weight excluding hydrogens is 263 g/mol. The van der Waals surface area contributed by atoms with Gasteiger partial charge in [-0.1, -0.05) is 0 Å². The fraction of sp³-hybridized carbons (Fsp3) is 0.444. The number of hydrogen-bond donors (Lipinski definition) is 2. The van der Waals surface area contributed by atoms with Gasteiger partial charge in [0.2, 0.25) is 0 Å². The molecule has 1 aromatic rings. The molecule has 0 saturated heterocycles. The lowest BCUT2D eigenvalue weighted by Gasteiger charge is -2.16. The van der Waals surface area contributed by atoms with Crippen molar-refractivity contribution in [3.8, 4) is 5.75 Å². The van der Waals surface area contributed by atoms with Crippen LogP contribution in [0, 0.1) is 0 Å². The number of hydrogen-bond acceptors (Lipinski definition) is 4. The van der Waals surface area contributed by atoms with E-state index < -0.39 is 36.4 Å². The third-order valence-electron chi connectivity index (χ3n) is 1.94. The highest BCUT2D eigenvalue weighted by Gasteiger charge is 2.35. The average molecular weight is 272 g/mol. The standard InChI is InChI=1S/C9H9F5N2O2/c10-8(11)5-1-4(2-15)16-6(3-17)7(5)18-9(12,13)14/h1,8,17H,2-3,15H2. The molecule has 0 amide bonds. The molecule has 0 bridgehead atoms. The molecule has 0 atom stereocenters. The molecule has 102 valence electrons. The number of nitrogens with zero attached hydrogens (tertiary/aromatic N) is 1. The van der Waals surface area contributed by atoms with E-state index in [1.54, 1.807) is 0 Å². The van der Waals surface area contributed by atoms with Crippen LogP contribution in [0.4, 0.5) is 22.0 Å². The Hall–Kier alpha value is -1.48. The Morgan fingerprint density at radius 1 is 1.39 bits per heavy atom. The topological polar surface area (TPSA) is 68.4 Å². The van der Waals surface area contributed by atoms with Crippen molar-refractivity contribution >= 4 is 0 Å². The second-order valence-corrected chi connectivity index (χ2v) is 3.19. The minimum atomic E-state index is -5.15. The van der Waals surface area contributed by atoms with Gasteiger partial charge in [-0.3, -0.25) is 4.98 Å². The number of aromatic nitrogens is 1. The molecule has 0 aromatic carbocycles. The number of halogens is 5. The molecule has 1 heterocycles. The van der Waals surface area contributed by atoms with Gasteiger partial charge < -0.3 is 15.6 Å². The van der Waals surface area contributed by atoms with E-state index in [4.69, 9.17) is 10.8 Å². The van der Waals surface area contributed by atoms with Crippen molar-refractivity contribution in [1.82, 2.24) is 4.98 Å². The van der Waals surface area contributed by atoms with Crippen molar-refractivity contribution in [1.29, 1.82) is 0 Å². The molecule has 0 aliphatic rings. The van der Waals surface area contributed by atoms with Crippen LogP contribution in [0.2, 0.25) is 0 Å². The molecule has 0 radical (unpaired) electrons. The third kappa shape index (κ3) is 3.50. The number of pyridine rings is 1. The van der Waals surface area contributed by atoms with Crippen LogP contribution in [-0.2, 0) is 13.2 Å². The van der Waals surface area contributed by atoms with E-state index in [1.165, 1.54) is 0 Å². The molecule has 0 unspecified atom stereocenters. The largest absolute Gasteiger partial charge is 0.573 e. The molecule has 9 heteroatoms. The van der Waals surface area contributed by atoms with Crippen molar-refractivity contribution < 1.29 is 31.8 Å². The van der Waals surface area contributed by atoms with Crippen molar-refractivity contribution in [2.45, 2.75) is 25.9 Å². The molecule has 0 saturated carbocycles. The Balaban J connectivity index is 3.35. The van der Waals surface area contributed by atoms with Gasteiger partial charge in [0.15, 0.2) is 5.75 Å². The summed E-state index contributed by atoms with van der Waals surface area (Å²) < 4.78 is 65.0. The summed E-state index contributed by atoms with van der Waals surface area (Å²) in [4.78, 5) is 3.50. The Kier molecular flexibility index (Phi) is 4.41. The van der Waals surface area contributed by atoms with E-state index in [1.807, 2.05) is 0 Å². The van der Waals surface area contributed by atoms with E-state index in [0.29, 0.717) is 6.07 Å². The highest BCUT2D eigenvalue weighted by atomic mass is 19.4. The molecule has 0 fully saturated rings. The molecule has 1 rings (SSSR count). The van der Waals surface area contributed by atoms with E-state index in [9.17, 15) is 22.0 Å². The van der Waals surface area contributed by atoms with Gasteiger partial charge in [0.25, 0.3) is 6.43 Å². The molecule has 0 spiro atoms. The monoisotopic (exact) mass is 272 g/mol. The van der Waals surface area contributed by atoms with Crippen LogP contribution in [0.15, 0.2) is 6.07 Å². The summed E-state index contributed by atoms with van der Waals surface area (Å²) in [5.41, 5.74) is 3.46. The Labute approximate surface area is 98.2 Å². The summed E-state index contributed by atoms with van der Waals surface area (Å²) >= 11 is 0. The lowest BCUT2D eigenvalue weighted by Crippen LogP contribution is -2.20. The predicted molar refractivity (Wildman–Crippen MR) is 49.7 cm³/mol. The lowest BCUT2D eigenvalue weighted by molar-refractivity contribution is -0.275. The maximum atomic E-state index is 12.6. The average Bonchev–Trinajstić information content (AvgIpc) is 2.26. The third-order valence-corrected chi connectivity index (χ3v) is 1.94. The quantitative estimate of drug-likeness (QED) is 0.821. The Morgan fingerprint density at radius 3 is 2.39 bits per heavy atom. The number of nitrogens with two attached hydrogens (primary N) is 1. The first kappa shape index (κ1) is 14.6. The molecular formula is C9H9F5N2O2. The van der Waals surface area contributed by atoms with E-state index in [0.717, 1.165) is 0 Å². The van der Waals surface area contributed by atoms with Gasteiger partial charge in [-0.25, -0.2) is 8.78 Å². The second-order valence-electron chi connectivity index (χ2n) is 3.19.